The molecule has 0 aromatic carbocycles. The van der Waals surface area contributed by atoms with Crippen LogP contribution in [0.2, 0.25) is 0 Å². The van der Waals surface area contributed by atoms with Crippen molar-refractivity contribution in [3.8, 4) is 0 Å². The van der Waals surface area contributed by atoms with Gasteiger partial charge < -0.3 is 29.5 Å². The summed E-state index contributed by atoms with van der Waals surface area (Å²) in [5.41, 5.74) is -146. The molecule has 12 saturated carbocycles. The molecule has 0 aliphatic heterocycles. The number of aliphatic hydroxyl groups is 3. The van der Waals surface area contributed by atoms with Gasteiger partial charge in [0, 0.05) is 0 Å². The van der Waals surface area contributed by atoms with Crippen LogP contribution in [0, 0.1) is 5.41 Å². The number of rotatable bonds is 15. The molecule has 12 aliphatic rings. The van der Waals surface area contributed by atoms with E-state index in [0.717, 1.165) is 0 Å². The second-order valence-corrected chi connectivity index (χ2v) is 23.9. The Labute approximate surface area is 496 Å². The summed E-state index contributed by atoms with van der Waals surface area (Å²) in [6.45, 7) is -15.4. The molecule has 0 heterocycles. The number of hydrogen-bond acceptors (Lipinski definition) is 6. The molecule has 3 N–H and O–H groups in total. The Bertz CT molecular complexity index is 2820. The van der Waals surface area contributed by atoms with Crippen molar-refractivity contribution in [2.75, 3.05) is 19.8 Å². The third-order valence-electron chi connectivity index (χ3n) is 20.5. The van der Waals surface area contributed by atoms with Crippen LogP contribution in [0.1, 0.15) is 6.92 Å². The summed E-state index contributed by atoms with van der Waals surface area (Å²) in [6, 6.07) is 0. The molecule has 12 rings (SSSR count). The van der Waals surface area contributed by atoms with Crippen LogP contribution in [-0.4, -0.2) is 246 Å². The van der Waals surface area contributed by atoms with Gasteiger partial charge in [-0.2, -0.15) is 158 Å². The number of ether oxygens (including phenoxy) is 3. The van der Waals surface area contributed by atoms with Gasteiger partial charge in [0.15, 0.2) is 0 Å². The maximum atomic E-state index is 16.7. The van der Waals surface area contributed by atoms with Gasteiger partial charge in [-0.15, -0.1) is 0 Å². The van der Waals surface area contributed by atoms with Crippen molar-refractivity contribution in [1.82, 2.24) is 0 Å². The van der Waals surface area contributed by atoms with E-state index in [2.05, 4.69) is 14.2 Å². The van der Waals surface area contributed by atoms with Crippen molar-refractivity contribution in [2.24, 2.45) is 5.41 Å². The Hall–Kier alpha value is -3.81. The first-order chi connectivity index (χ1) is 42.1. The van der Waals surface area contributed by atoms with E-state index in [-0.39, 0.29) is 0 Å². The zero-order valence-corrected chi connectivity index (χ0v) is 43.7. The van der Waals surface area contributed by atoms with Gasteiger partial charge in [0.2, 0.25) is 0 Å². The second-order valence-electron chi connectivity index (χ2n) is 23.9. The van der Waals surface area contributed by atoms with Crippen molar-refractivity contribution < 1.29 is 253 Å². The lowest BCUT2D eigenvalue weighted by molar-refractivity contribution is -0.614. The van der Waals surface area contributed by atoms with E-state index in [1.54, 1.807) is 0 Å². The highest BCUT2D eigenvalue weighted by atomic mass is 19.4. The van der Waals surface area contributed by atoms with E-state index in [0.29, 0.717) is 0 Å². The highest BCUT2D eigenvalue weighted by molar-refractivity contribution is 5.60. The fraction of sp³-hybridized carbons (Fsp3) is 1.00. The summed E-state index contributed by atoms with van der Waals surface area (Å²) in [5.74, 6) is -138. The fourth-order valence-corrected chi connectivity index (χ4v) is 14.9. The maximum Gasteiger partial charge on any atom is 0.397 e. The molecule has 0 aromatic rings. The third kappa shape index (κ3) is 5.22. The largest absolute Gasteiger partial charge is 0.397 e. The van der Waals surface area contributed by atoms with Crippen molar-refractivity contribution in [1.29, 1.82) is 0 Å². The minimum Gasteiger partial charge on any atom is -0.390 e. The minimum absolute atomic E-state index is 1.52. The highest BCUT2D eigenvalue weighted by Gasteiger charge is 3.29. The van der Waals surface area contributed by atoms with Crippen LogP contribution in [0.15, 0.2) is 0 Å². The molecule has 0 spiro atoms. The fourth-order valence-electron chi connectivity index (χ4n) is 14.9. The van der Waals surface area contributed by atoms with Gasteiger partial charge in [-0.3, -0.25) is 0 Å². The highest BCUT2D eigenvalue weighted by Crippen LogP contribution is 2.94. The number of halogens is 51. The van der Waals surface area contributed by atoms with Gasteiger partial charge in [0.05, 0.1) is 43.5 Å². The van der Waals surface area contributed by atoms with Gasteiger partial charge in [0.25, 0.3) is 51.0 Å². The molecule has 0 radical (unpaired) electrons. The van der Waals surface area contributed by atoms with Crippen LogP contribution in [0.4, 0.5) is 224 Å². The summed E-state index contributed by atoms with van der Waals surface area (Å²) in [4.78, 5) is 0. The van der Waals surface area contributed by atoms with E-state index >= 15 is 198 Å². The van der Waals surface area contributed by atoms with Gasteiger partial charge in [-0.25, -0.2) is 65.9 Å². The zero-order valence-electron chi connectivity index (χ0n) is 43.7. The molecule has 57 heteroatoms. The monoisotopic (exact) mass is 1570 g/mol. The Morgan fingerprint density at radius 2 is 0.296 bits per heavy atom. The van der Waals surface area contributed by atoms with E-state index in [1.807, 2.05) is 0 Å². The predicted molar refractivity (Wildman–Crippen MR) is 191 cm³/mol. The number of alkyl halides is 51. The molecule has 572 valence electrons. The Kier molecular flexibility index (Phi) is 13.7. The summed E-state index contributed by atoms with van der Waals surface area (Å²) in [6.07, 6.45) is -44.0. The van der Waals surface area contributed by atoms with Gasteiger partial charge in [-0.1, -0.05) is 6.92 Å². The molecule has 6 nitrogen and oxygen atoms in total. The SMILES string of the molecule is CC(C(O)COC(F)(F)C1(F)C2(F)C(F)(F)C3(F)C(F)(F)C(F)(C2(F)F)C(F)(F)C1(F)C3(F)F)(C(O)COC(F)(F)C1(F)C2(F)C(F)(F)C3(F)C(F)(F)C(F)(C2(F)F)C(F)(F)C1(F)C3(F)F)C(O)COC(F)(F)C1(F)C2(F)C(F)(F)C3(F)C(F)(F)C(F)(C2(F)F)C(F)(F)C1(F)C3(F)F. The first-order valence-electron chi connectivity index (χ1n) is 24.2. The summed E-state index contributed by atoms with van der Waals surface area (Å²) >= 11 is 0. The predicted octanol–water partition coefficient (Wildman–Crippen LogP) is 13.2. The average Bonchev–Trinajstić information content (AvgIpc) is 0.600. The molecule has 0 amide bonds. The molecule has 98 heavy (non-hydrogen) atoms. The molecule has 12 aliphatic carbocycles. The first-order valence-corrected chi connectivity index (χ1v) is 24.2. The molecular formula is C41H15F51O6. The molecule has 12 bridgehead atoms. The van der Waals surface area contributed by atoms with Crippen LogP contribution < -0.4 is 0 Å². The second kappa shape index (κ2) is 17.1. The Balaban J connectivity index is 1.20. The van der Waals surface area contributed by atoms with Crippen molar-refractivity contribution in [2.45, 2.75) is 217 Å². The van der Waals surface area contributed by atoms with Gasteiger partial charge >= 0.3 is 141 Å². The molecule has 3 atom stereocenters. The van der Waals surface area contributed by atoms with Crippen LogP contribution in [0.5, 0.6) is 0 Å². The van der Waals surface area contributed by atoms with Crippen LogP contribution in [-0.2, 0) is 14.2 Å². The normalized spacial score (nSPS) is 50.6. The average molecular weight is 1570 g/mol. The zero-order chi connectivity index (χ0) is 78.0. The summed E-state index contributed by atoms with van der Waals surface area (Å²) in [5, 5.41) is 32.2. The van der Waals surface area contributed by atoms with Crippen LogP contribution in [0.25, 0.3) is 0 Å². The van der Waals surface area contributed by atoms with Gasteiger partial charge in [-0.05, 0) is 0 Å². The summed E-state index contributed by atoms with van der Waals surface area (Å²) in [7, 11) is 0. The maximum absolute atomic E-state index is 16.7. The van der Waals surface area contributed by atoms with Gasteiger partial charge in [0.1, 0.15) is 0 Å². The van der Waals surface area contributed by atoms with E-state index < -0.39 is 243 Å². The van der Waals surface area contributed by atoms with E-state index in [4.69, 9.17) is 0 Å². The molecule has 0 saturated heterocycles. The topological polar surface area (TPSA) is 88.4 Å². The first kappa shape index (κ1) is 78.3. The Morgan fingerprint density at radius 3 is 0.398 bits per heavy atom. The van der Waals surface area contributed by atoms with Crippen LogP contribution in [0.3, 0.4) is 0 Å². The van der Waals surface area contributed by atoms with Crippen LogP contribution >= 0.6 is 0 Å². The summed E-state index contributed by atoms with van der Waals surface area (Å²) < 4.78 is 801. The third-order valence-corrected chi connectivity index (χ3v) is 20.5. The minimum atomic E-state index is -9.61. The van der Waals surface area contributed by atoms with Crippen molar-refractivity contribution in [3.63, 3.8) is 0 Å². The standard InChI is InChI=1S/C41H15F51O6/c1-8(5(93)2-96-39(87,88)9(42)12(45)24(57,58)18(51)26(61,62)13(9,46)27(63,64)19(52,25(12,59)60)36(18,81)82,6(94)3-97-40(89,90)10(43)14(47)28(65,66)20(53)30(69,70)15(10,48)31(71,72)21(54,29(14,67)68)37(20,83)84)7(95)4-98-41(91,92)11(44)16(49)32(73,74)22(55)34(77,78)17(11,50)35(79,80)23(56,33(16,75)76)38(22,85)86/h5-7,93-95H,2-4H2,1H3. The van der Waals surface area contributed by atoms with E-state index in [9.17, 15) is 41.7 Å². The van der Waals surface area contributed by atoms with Crippen molar-refractivity contribution >= 4 is 0 Å². The quantitative estimate of drug-likeness (QED) is 0.142. The van der Waals surface area contributed by atoms with E-state index in [1.165, 1.54) is 0 Å². The van der Waals surface area contributed by atoms with Crippen molar-refractivity contribution in [3.05, 3.63) is 0 Å². The molecule has 12 fully saturated rings. The molecular weight excluding hydrogens is 1560 g/mol. The lowest BCUT2D eigenvalue weighted by atomic mass is 9.37. The number of aliphatic hydroxyl groups excluding tert-OH is 3. The lowest BCUT2D eigenvalue weighted by Crippen LogP contribution is -3.10. The molecule has 3 unspecified atom stereocenters. The smallest absolute Gasteiger partial charge is 0.390 e. The number of hydrogen-bond donors (Lipinski definition) is 3. The Morgan fingerprint density at radius 1 is 0.204 bits per heavy atom. The lowest BCUT2D eigenvalue weighted by Gasteiger charge is -2.75. The molecule has 0 aromatic heterocycles.